The molecule has 0 aromatic heterocycles. The fourth-order valence-electron chi connectivity index (χ4n) is 1.47. The Morgan fingerprint density at radius 3 is 1.33 bits per heavy atom. The maximum absolute atomic E-state index is 10.4. The second kappa shape index (κ2) is 2.72. The molecule has 0 atom stereocenters. The van der Waals surface area contributed by atoms with Crippen LogP contribution in [0.4, 0.5) is 0 Å². The number of aliphatic carboxylic acids is 2. The van der Waals surface area contributed by atoms with Crippen LogP contribution in [-0.2, 0) is 9.59 Å². The van der Waals surface area contributed by atoms with Gasteiger partial charge in [0.25, 0.3) is 0 Å². The quantitative estimate of drug-likeness (QED) is 0.385. The summed E-state index contributed by atoms with van der Waals surface area (Å²) in [5, 5.41) is 17.0. The lowest BCUT2D eigenvalue weighted by molar-refractivity contribution is -0.158. The summed E-state index contributed by atoms with van der Waals surface area (Å²) in [6.45, 7) is 0. The molecular formula is C6H10N2O4. The highest BCUT2D eigenvalue weighted by Gasteiger charge is 2.54. The highest BCUT2D eigenvalue weighted by molar-refractivity contribution is 5.81. The lowest BCUT2D eigenvalue weighted by Gasteiger charge is -2.43. The SMILES string of the molecule is NC1C(C(=O)O)C(N)C1C(=O)O. The van der Waals surface area contributed by atoms with E-state index in [1.54, 1.807) is 0 Å². The van der Waals surface area contributed by atoms with Crippen molar-refractivity contribution in [1.82, 2.24) is 0 Å². The van der Waals surface area contributed by atoms with Gasteiger partial charge in [0.05, 0.1) is 11.8 Å². The van der Waals surface area contributed by atoms with Crippen LogP contribution in [-0.4, -0.2) is 34.2 Å². The summed E-state index contributed by atoms with van der Waals surface area (Å²) in [5.41, 5.74) is 10.6. The molecule has 1 aliphatic carbocycles. The first-order valence-electron chi connectivity index (χ1n) is 3.43. The first-order chi connectivity index (χ1) is 5.46. The summed E-state index contributed by atoms with van der Waals surface area (Å²) in [4.78, 5) is 20.8. The van der Waals surface area contributed by atoms with E-state index in [0.29, 0.717) is 0 Å². The Labute approximate surface area is 68.1 Å². The van der Waals surface area contributed by atoms with Gasteiger partial charge in [-0.25, -0.2) is 0 Å². The molecule has 0 unspecified atom stereocenters. The Morgan fingerprint density at radius 1 is 0.917 bits per heavy atom. The van der Waals surface area contributed by atoms with E-state index in [1.165, 1.54) is 0 Å². The molecule has 0 radical (unpaired) electrons. The molecule has 0 heterocycles. The molecule has 6 nitrogen and oxygen atoms in total. The van der Waals surface area contributed by atoms with Crippen LogP contribution >= 0.6 is 0 Å². The van der Waals surface area contributed by atoms with Gasteiger partial charge in [0, 0.05) is 12.1 Å². The number of carboxylic acids is 2. The largest absolute Gasteiger partial charge is 0.481 e. The molecule has 0 bridgehead atoms. The molecule has 0 amide bonds. The van der Waals surface area contributed by atoms with Crippen LogP contribution in [0.1, 0.15) is 0 Å². The Bertz CT molecular complexity index is 198. The Kier molecular flexibility index (Phi) is 2.03. The zero-order valence-corrected chi connectivity index (χ0v) is 6.18. The van der Waals surface area contributed by atoms with Gasteiger partial charge < -0.3 is 21.7 Å². The van der Waals surface area contributed by atoms with Gasteiger partial charge in [-0.1, -0.05) is 0 Å². The van der Waals surface area contributed by atoms with Crippen molar-refractivity contribution in [2.45, 2.75) is 12.1 Å². The minimum absolute atomic E-state index is 0.866. The molecule has 68 valence electrons. The van der Waals surface area contributed by atoms with E-state index >= 15 is 0 Å². The van der Waals surface area contributed by atoms with Crippen LogP contribution < -0.4 is 11.5 Å². The molecule has 0 aliphatic heterocycles. The molecule has 1 aliphatic rings. The predicted octanol–water partition coefficient (Wildman–Crippen LogP) is -1.94. The maximum Gasteiger partial charge on any atom is 0.309 e. The second-order valence-electron chi connectivity index (χ2n) is 2.88. The van der Waals surface area contributed by atoms with Crippen molar-refractivity contribution >= 4 is 11.9 Å². The van der Waals surface area contributed by atoms with Gasteiger partial charge in [0.15, 0.2) is 0 Å². The molecular weight excluding hydrogens is 164 g/mol. The van der Waals surface area contributed by atoms with Gasteiger partial charge in [0.1, 0.15) is 0 Å². The van der Waals surface area contributed by atoms with Gasteiger partial charge in [-0.2, -0.15) is 0 Å². The van der Waals surface area contributed by atoms with Gasteiger partial charge in [-0.15, -0.1) is 0 Å². The number of nitrogens with two attached hydrogens (primary N) is 2. The number of rotatable bonds is 2. The van der Waals surface area contributed by atoms with Gasteiger partial charge in [0.2, 0.25) is 0 Å². The molecule has 0 aromatic carbocycles. The Morgan fingerprint density at radius 2 is 1.17 bits per heavy atom. The number of carboxylic acid groups (broad SMARTS) is 2. The van der Waals surface area contributed by atoms with Crippen molar-refractivity contribution < 1.29 is 19.8 Å². The van der Waals surface area contributed by atoms with E-state index < -0.39 is 35.9 Å². The third kappa shape index (κ3) is 1.05. The lowest BCUT2D eigenvalue weighted by atomic mass is 9.66. The molecule has 6 heteroatoms. The predicted molar refractivity (Wildman–Crippen MR) is 38.2 cm³/mol. The average molecular weight is 174 g/mol. The molecule has 1 fully saturated rings. The van der Waals surface area contributed by atoms with Gasteiger partial charge in [-0.05, 0) is 0 Å². The fraction of sp³-hybridized carbons (Fsp3) is 0.667. The summed E-state index contributed by atoms with van der Waals surface area (Å²) in [6, 6.07) is -1.73. The van der Waals surface area contributed by atoms with Crippen LogP contribution in [0.25, 0.3) is 0 Å². The fourth-order valence-corrected chi connectivity index (χ4v) is 1.47. The zero-order valence-electron chi connectivity index (χ0n) is 6.18. The maximum atomic E-state index is 10.4. The molecule has 0 aromatic rings. The van der Waals surface area contributed by atoms with Crippen molar-refractivity contribution in [2.75, 3.05) is 0 Å². The van der Waals surface area contributed by atoms with E-state index in [0.717, 1.165) is 0 Å². The number of carbonyl (C=O) groups is 2. The lowest BCUT2D eigenvalue weighted by Crippen LogP contribution is -2.68. The van der Waals surface area contributed by atoms with E-state index in [1.807, 2.05) is 0 Å². The van der Waals surface area contributed by atoms with Crippen molar-refractivity contribution in [3.63, 3.8) is 0 Å². The molecule has 0 spiro atoms. The third-order valence-corrected chi connectivity index (χ3v) is 2.23. The van der Waals surface area contributed by atoms with Crippen LogP contribution in [0, 0.1) is 11.8 Å². The van der Waals surface area contributed by atoms with Crippen LogP contribution in [0.5, 0.6) is 0 Å². The summed E-state index contributed by atoms with van der Waals surface area (Å²) in [7, 11) is 0. The van der Waals surface area contributed by atoms with E-state index in [2.05, 4.69) is 0 Å². The molecule has 6 N–H and O–H groups in total. The van der Waals surface area contributed by atoms with Crippen molar-refractivity contribution in [1.29, 1.82) is 0 Å². The second-order valence-corrected chi connectivity index (χ2v) is 2.88. The molecule has 12 heavy (non-hydrogen) atoms. The van der Waals surface area contributed by atoms with E-state index in [9.17, 15) is 9.59 Å². The highest BCUT2D eigenvalue weighted by Crippen LogP contribution is 2.31. The summed E-state index contributed by atoms with van der Waals surface area (Å²) >= 11 is 0. The standard InChI is InChI=1S/C6H10N2O4/c7-3-1(5(9)10)4(8)2(3)6(11)12/h1-4H,7-8H2,(H,9,10)(H,11,12). The van der Waals surface area contributed by atoms with E-state index in [4.69, 9.17) is 21.7 Å². The Hall–Kier alpha value is -1.14. The van der Waals surface area contributed by atoms with Crippen molar-refractivity contribution in [2.24, 2.45) is 23.3 Å². The van der Waals surface area contributed by atoms with Gasteiger partial charge >= 0.3 is 11.9 Å². The minimum atomic E-state index is -1.13. The van der Waals surface area contributed by atoms with Crippen LogP contribution in [0.3, 0.4) is 0 Å². The Balaban J connectivity index is 2.68. The van der Waals surface area contributed by atoms with Crippen molar-refractivity contribution in [3.8, 4) is 0 Å². The van der Waals surface area contributed by atoms with Crippen LogP contribution in [0.15, 0.2) is 0 Å². The summed E-state index contributed by atoms with van der Waals surface area (Å²) < 4.78 is 0. The average Bonchev–Trinajstić information content (AvgIpc) is 1.84. The molecule has 0 saturated heterocycles. The summed E-state index contributed by atoms with van der Waals surface area (Å²) in [5.74, 6) is -4.11. The smallest absolute Gasteiger partial charge is 0.309 e. The van der Waals surface area contributed by atoms with Crippen LogP contribution in [0.2, 0.25) is 0 Å². The van der Waals surface area contributed by atoms with Gasteiger partial charge in [-0.3, -0.25) is 9.59 Å². The first kappa shape index (κ1) is 8.95. The van der Waals surface area contributed by atoms with Crippen molar-refractivity contribution in [3.05, 3.63) is 0 Å². The summed E-state index contributed by atoms with van der Waals surface area (Å²) in [6.07, 6.45) is 0. The number of hydrogen-bond acceptors (Lipinski definition) is 4. The third-order valence-electron chi connectivity index (χ3n) is 2.23. The molecule has 1 rings (SSSR count). The highest BCUT2D eigenvalue weighted by atomic mass is 16.4. The first-order valence-corrected chi connectivity index (χ1v) is 3.43. The normalized spacial score (nSPS) is 40.2. The molecule has 1 saturated carbocycles. The number of hydrogen-bond donors (Lipinski definition) is 4. The zero-order chi connectivity index (χ0) is 9.46. The topological polar surface area (TPSA) is 127 Å². The van der Waals surface area contributed by atoms with E-state index in [-0.39, 0.29) is 0 Å². The minimum Gasteiger partial charge on any atom is -0.481 e. The monoisotopic (exact) mass is 174 g/mol.